The van der Waals surface area contributed by atoms with E-state index in [9.17, 15) is 9.18 Å². The number of rotatable bonds is 10. The van der Waals surface area contributed by atoms with E-state index in [1.165, 1.54) is 23.9 Å². The smallest absolute Gasteiger partial charge is 0.234 e. The molecule has 8 heteroatoms. The molecule has 0 bridgehead atoms. The van der Waals surface area contributed by atoms with Crippen molar-refractivity contribution in [1.82, 2.24) is 14.8 Å². The van der Waals surface area contributed by atoms with Crippen LogP contribution in [0.3, 0.4) is 0 Å². The first kappa shape index (κ1) is 23.3. The molecule has 3 rings (SSSR count). The number of halogens is 1. The topological polar surface area (TPSA) is 59.8 Å². The largest absolute Gasteiger partial charge is 0.325 e. The van der Waals surface area contributed by atoms with E-state index in [4.69, 9.17) is 0 Å². The third-order valence-corrected chi connectivity index (χ3v) is 6.83. The molecule has 2 aromatic carbocycles. The van der Waals surface area contributed by atoms with Crippen molar-refractivity contribution in [2.24, 2.45) is 0 Å². The van der Waals surface area contributed by atoms with Gasteiger partial charge in [0.1, 0.15) is 11.6 Å². The number of nitrogens with zero attached hydrogens (tertiary/aromatic N) is 3. The molecular weight excluding hydrogens is 431 g/mol. The summed E-state index contributed by atoms with van der Waals surface area (Å²) in [4.78, 5) is 12.5. The summed E-state index contributed by atoms with van der Waals surface area (Å²) in [7, 11) is 0. The Hall–Kier alpha value is -2.32. The predicted octanol–water partition coefficient (Wildman–Crippen LogP) is 5.47. The molecule has 0 aliphatic rings. The highest BCUT2D eigenvalue weighted by molar-refractivity contribution is 7.99. The zero-order valence-corrected chi connectivity index (χ0v) is 19.7. The molecule has 0 spiro atoms. The summed E-state index contributed by atoms with van der Waals surface area (Å²) in [5.41, 5.74) is 4.18. The number of hydrogen-bond acceptors (Lipinski definition) is 5. The van der Waals surface area contributed by atoms with Crippen molar-refractivity contribution < 1.29 is 9.18 Å². The van der Waals surface area contributed by atoms with Gasteiger partial charge in [0.05, 0.1) is 11.5 Å². The van der Waals surface area contributed by atoms with Crippen LogP contribution in [0.25, 0.3) is 0 Å². The Labute approximate surface area is 191 Å². The summed E-state index contributed by atoms with van der Waals surface area (Å²) in [5.74, 6) is 2.36. The first-order chi connectivity index (χ1) is 15.0. The van der Waals surface area contributed by atoms with Gasteiger partial charge in [-0.1, -0.05) is 49.0 Å². The van der Waals surface area contributed by atoms with Crippen molar-refractivity contribution >= 4 is 35.1 Å². The number of carbonyl (C=O) groups is 1. The zero-order chi connectivity index (χ0) is 22.2. The van der Waals surface area contributed by atoms with Gasteiger partial charge < -0.3 is 9.88 Å². The minimum atomic E-state index is -0.224. The van der Waals surface area contributed by atoms with Gasteiger partial charge in [0.15, 0.2) is 5.16 Å². The number of aromatic nitrogens is 3. The maximum Gasteiger partial charge on any atom is 0.234 e. The molecule has 0 atom stereocenters. The van der Waals surface area contributed by atoms with Gasteiger partial charge in [-0.2, -0.15) is 0 Å². The van der Waals surface area contributed by atoms with E-state index in [-0.39, 0.29) is 17.5 Å². The van der Waals surface area contributed by atoms with Gasteiger partial charge in [0, 0.05) is 18.0 Å². The summed E-state index contributed by atoms with van der Waals surface area (Å²) in [6.07, 6.45) is 0.869. The maximum atomic E-state index is 13.0. The van der Waals surface area contributed by atoms with E-state index in [1.54, 1.807) is 23.9 Å². The molecule has 1 aromatic heterocycles. The van der Waals surface area contributed by atoms with Gasteiger partial charge in [-0.25, -0.2) is 4.39 Å². The van der Waals surface area contributed by atoms with Crippen molar-refractivity contribution in [2.45, 2.75) is 50.4 Å². The van der Waals surface area contributed by atoms with Crippen LogP contribution in [0.5, 0.6) is 0 Å². The summed E-state index contributed by atoms with van der Waals surface area (Å²) in [6.45, 7) is 6.87. The third-order valence-electron chi connectivity index (χ3n) is 4.86. The fraction of sp³-hybridized carbons (Fsp3) is 0.348. The van der Waals surface area contributed by atoms with E-state index in [0.717, 1.165) is 52.1 Å². The summed E-state index contributed by atoms with van der Waals surface area (Å²) in [5, 5.41) is 12.4. The van der Waals surface area contributed by atoms with Crippen LogP contribution in [-0.2, 0) is 29.3 Å². The highest BCUT2D eigenvalue weighted by atomic mass is 32.2. The molecule has 31 heavy (non-hydrogen) atoms. The number of hydrogen-bond donors (Lipinski definition) is 1. The third kappa shape index (κ3) is 6.33. The van der Waals surface area contributed by atoms with Crippen LogP contribution in [0.15, 0.2) is 47.6 Å². The van der Waals surface area contributed by atoms with Crippen molar-refractivity contribution in [3.63, 3.8) is 0 Å². The van der Waals surface area contributed by atoms with Crippen LogP contribution in [-0.4, -0.2) is 26.4 Å². The van der Waals surface area contributed by atoms with Crippen molar-refractivity contribution in [3.05, 3.63) is 70.8 Å². The summed E-state index contributed by atoms with van der Waals surface area (Å²) >= 11 is 3.10. The van der Waals surface area contributed by atoms with Crippen LogP contribution in [0.2, 0.25) is 0 Å². The predicted molar refractivity (Wildman–Crippen MR) is 127 cm³/mol. The fourth-order valence-corrected chi connectivity index (χ4v) is 4.95. The van der Waals surface area contributed by atoms with Crippen LogP contribution in [0, 0.1) is 12.7 Å². The van der Waals surface area contributed by atoms with Crippen molar-refractivity contribution in [3.8, 4) is 0 Å². The number of nitrogens with one attached hydrogen (secondary N) is 1. The lowest BCUT2D eigenvalue weighted by Gasteiger charge is -2.13. The fourth-order valence-electron chi connectivity index (χ4n) is 3.20. The first-order valence-electron chi connectivity index (χ1n) is 10.3. The molecule has 1 amide bonds. The number of amides is 1. The molecule has 5 nitrogen and oxygen atoms in total. The molecule has 3 aromatic rings. The highest BCUT2D eigenvalue weighted by Crippen LogP contribution is 2.24. The molecule has 0 aliphatic heterocycles. The average Bonchev–Trinajstić information content (AvgIpc) is 3.16. The Kier molecular flexibility index (Phi) is 8.54. The molecular formula is C23H27FN4OS2. The van der Waals surface area contributed by atoms with E-state index in [0.29, 0.717) is 5.75 Å². The molecule has 0 radical (unpaired) electrons. The number of anilines is 1. The van der Waals surface area contributed by atoms with E-state index < -0.39 is 0 Å². The Morgan fingerprint density at radius 1 is 1.10 bits per heavy atom. The molecule has 0 fully saturated rings. The standard InChI is InChI=1S/C23H27FN4OS2/c1-4-18-8-6-7-16(3)22(18)25-21(29)15-31-23-27-26-20(28(23)5-2)14-30-13-17-9-11-19(24)12-10-17/h6-12H,4-5,13-15H2,1-3H3,(H,25,29). The molecule has 0 aliphatic carbocycles. The Morgan fingerprint density at radius 2 is 1.87 bits per heavy atom. The minimum absolute atomic E-state index is 0.0492. The molecule has 1 N–H and O–H groups in total. The normalized spacial score (nSPS) is 11.0. The van der Waals surface area contributed by atoms with Gasteiger partial charge in [-0.15, -0.1) is 22.0 Å². The lowest BCUT2D eigenvalue weighted by molar-refractivity contribution is -0.113. The van der Waals surface area contributed by atoms with Crippen molar-refractivity contribution in [1.29, 1.82) is 0 Å². The van der Waals surface area contributed by atoms with Crippen molar-refractivity contribution in [2.75, 3.05) is 11.1 Å². The first-order valence-corrected chi connectivity index (χ1v) is 12.4. The number of aryl methyl sites for hydroxylation is 2. The van der Waals surface area contributed by atoms with Crippen LogP contribution >= 0.6 is 23.5 Å². The maximum absolute atomic E-state index is 13.0. The number of carbonyl (C=O) groups excluding carboxylic acids is 1. The SMILES string of the molecule is CCc1cccc(C)c1NC(=O)CSc1nnc(CSCc2ccc(F)cc2)n1CC. The summed E-state index contributed by atoms with van der Waals surface area (Å²) < 4.78 is 15.1. The van der Waals surface area contributed by atoms with Gasteiger partial charge in [0.2, 0.25) is 5.91 Å². The second-order valence-corrected chi connectivity index (χ2v) is 8.99. The number of benzene rings is 2. The zero-order valence-electron chi connectivity index (χ0n) is 18.0. The van der Waals surface area contributed by atoms with E-state index in [2.05, 4.69) is 22.4 Å². The molecule has 0 saturated heterocycles. The van der Waals surface area contributed by atoms with E-state index in [1.807, 2.05) is 36.6 Å². The monoisotopic (exact) mass is 458 g/mol. The second-order valence-electron chi connectivity index (χ2n) is 7.06. The second kappa shape index (κ2) is 11.3. The highest BCUT2D eigenvalue weighted by Gasteiger charge is 2.14. The van der Waals surface area contributed by atoms with Crippen LogP contribution in [0.1, 0.15) is 36.4 Å². The molecule has 0 unspecified atom stereocenters. The van der Waals surface area contributed by atoms with Crippen LogP contribution in [0.4, 0.5) is 10.1 Å². The minimum Gasteiger partial charge on any atom is -0.325 e. The van der Waals surface area contributed by atoms with E-state index >= 15 is 0 Å². The number of para-hydroxylation sites is 1. The van der Waals surface area contributed by atoms with Gasteiger partial charge in [0.25, 0.3) is 0 Å². The average molecular weight is 459 g/mol. The Bertz CT molecular complexity index is 1020. The lowest BCUT2D eigenvalue weighted by Crippen LogP contribution is -2.16. The molecule has 164 valence electrons. The lowest BCUT2D eigenvalue weighted by atomic mass is 10.1. The molecule has 1 heterocycles. The van der Waals surface area contributed by atoms with Gasteiger partial charge in [-0.3, -0.25) is 4.79 Å². The Morgan fingerprint density at radius 3 is 2.58 bits per heavy atom. The Balaban J connectivity index is 1.55. The van der Waals surface area contributed by atoms with Gasteiger partial charge >= 0.3 is 0 Å². The van der Waals surface area contributed by atoms with Crippen LogP contribution < -0.4 is 5.32 Å². The summed E-state index contributed by atoms with van der Waals surface area (Å²) in [6, 6.07) is 12.6. The molecule has 0 saturated carbocycles. The quantitative estimate of drug-likeness (QED) is 0.408. The van der Waals surface area contributed by atoms with Gasteiger partial charge in [-0.05, 0) is 49.1 Å². The number of thioether (sulfide) groups is 2.